The number of carbonyl (C=O) groups is 1. The molecular formula is C26H34N4O3. The van der Waals surface area contributed by atoms with Crippen molar-refractivity contribution in [1.29, 1.82) is 0 Å². The van der Waals surface area contributed by atoms with Crippen LogP contribution in [0.25, 0.3) is 0 Å². The van der Waals surface area contributed by atoms with Gasteiger partial charge in [0.25, 0.3) is 0 Å². The fraction of sp³-hybridized carbons (Fsp3) is 0.615. The van der Waals surface area contributed by atoms with Gasteiger partial charge in [0.2, 0.25) is 5.91 Å². The fourth-order valence-corrected chi connectivity index (χ4v) is 6.94. The molecule has 1 aromatic carbocycles. The third-order valence-corrected chi connectivity index (χ3v) is 8.87. The first-order valence-electron chi connectivity index (χ1n) is 12.4. The second-order valence-electron chi connectivity index (χ2n) is 10.8. The normalized spacial score (nSPS) is 31.6. The third kappa shape index (κ3) is 3.39. The molecule has 1 aromatic heterocycles. The summed E-state index contributed by atoms with van der Waals surface area (Å²) in [5.74, 6) is 1.11. The summed E-state index contributed by atoms with van der Waals surface area (Å²) < 4.78 is 1.86. The van der Waals surface area contributed by atoms with E-state index in [2.05, 4.69) is 16.0 Å². The summed E-state index contributed by atoms with van der Waals surface area (Å²) in [7, 11) is 1.91. The van der Waals surface area contributed by atoms with Crippen LogP contribution in [0.5, 0.6) is 5.75 Å². The number of nitrogens with zero attached hydrogens (tertiary/aromatic N) is 4. The molecule has 2 aliphatic carbocycles. The van der Waals surface area contributed by atoms with E-state index in [0.29, 0.717) is 25.9 Å². The van der Waals surface area contributed by atoms with Crippen LogP contribution >= 0.6 is 0 Å². The van der Waals surface area contributed by atoms with Crippen LogP contribution in [0.15, 0.2) is 30.7 Å². The molecule has 1 saturated carbocycles. The topological polar surface area (TPSA) is 81.8 Å². The lowest BCUT2D eigenvalue weighted by Gasteiger charge is -2.61. The van der Waals surface area contributed by atoms with Crippen LogP contribution in [0.3, 0.4) is 0 Å². The van der Waals surface area contributed by atoms with Gasteiger partial charge in [-0.1, -0.05) is 6.07 Å². The number of benzene rings is 1. The molecule has 7 heteroatoms. The predicted octanol–water partition coefficient (Wildman–Crippen LogP) is 2.00. The maximum absolute atomic E-state index is 13.2. The average Bonchev–Trinajstić information content (AvgIpc) is 3.53. The Bertz CT molecular complexity index is 1080. The van der Waals surface area contributed by atoms with Crippen LogP contribution in [0.4, 0.5) is 0 Å². The molecule has 2 saturated heterocycles. The maximum atomic E-state index is 13.2. The molecule has 3 atom stereocenters. The van der Waals surface area contributed by atoms with Crippen LogP contribution in [0, 0.1) is 5.92 Å². The molecular weight excluding hydrogens is 416 g/mol. The van der Waals surface area contributed by atoms with E-state index in [1.807, 2.05) is 28.8 Å². The van der Waals surface area contributed by atoms with Gasteiger partial charge in [0, 0.05) is 44.3 Å². The molecule has 2 bridgehead atoms. The third-order valence-electron chi connectivity index (χ3n) is 8.87. The van der Waals surface area contributed by atoms with Gasteiger partial charge in [0.05, 0.1) is 24.0 Å². The van der Waals surface area contributed by atoms with Crippen LogP contribution < -0.4 is 0 Å². The van der Waals surface area contributed by atoms with Crippen molar-refractivity contribution in [2.24, 2.45) is 13.0 Å². The number of piperidine rings is 1. The lowest BCUT2D eigenvalue weighted by atomic mass is 9.52. The Kier molecular flexibility index (Phi) is 4.86. The van der Waals surface area contributed by atoms with Gasteiger partial charge in [0.15, 0.2) is 0 Å². The molecule has 0 spiro atoms. The van der Waals surface area contributed by atoms with Crippen molar-refractivity contribution < 1.29 is 15.0 Å². The fourth-order valence-electron chi connectivity index (χ4n) is 6.94. The highest BCUT2D eigenvalue weighted by molar-refractivity contribution is 5.78. The summed E-state index contributed by atoms with van der Waals surface area (Å²) in [5, 5.41) is 22.8. The number of phenolic OH excluding ortho intramolecular Hbond substituents is 1. The number of hydrogen-bond acceptors (Lipinski definition) is 5. The van der Waals surface area contributed by atoms with Crippen molar-refractivity contribution in [2.45, 2.75) is 62.0 Å². The minimum atomic E-state index is -0.902. The van der Waals surface area contributed by atoms with E-state index in [4.69, 9.17) is 0 Å². The van der Waals surface area contributed by atoms with Gasteiger partial charge in [-0.3, -0.25) is 9.69 Å². The summed E-state index contributed by atoms with van der Waals surface area (Å²) in [6, 6.07) is 5.78. The van der Waals surface area contributed by atoms with Crippen LogP contribution in [0.2, 0.25) is 0 Å². The van der Waals surface area contributed by atoms with E-state index in [-0.39, 0.29) is 17.7 Å². The second-order valence-corrected chi connectivity index (χ2v) is 10.8. The van der Waals surface area contributed by atoms with E-state index in [1.54, 1.807) is 12.4 Å². The lowest BCUT2D eigenvalue weighted by Crippen LogP contribution is -2.71. The van der Waals surface area contributed by atoms with Crippen molar-refractivity contribution in [3.05, 3.63) is 47.5 Å². The molecule has 3 fully saturated rings. The van der Waals surface area contributed by atoms with Gasteiger partial charge in [-0.2, -0.15) is 0 Å². The number of imidazole rings is 1. The number of hydrogen-bond donors (Lipinski definition) is 2. The zero-order valence-corrected chi connectivity index (χ0v) is 19.4. The number of aliphatic hydroxyl groups is 1. The molecule has 4 aliphatic rings. The van der Waals surface area contributed by atoms with Crippen LogP contribution in [-0.2, 0) is 30.1 Å². The Hall–Kier alpha value is -2.38. The van der Waals surface area contributed by atoms with Crippen molar-refractivity contribution in [3.63, 3.8) is 0 Å². The van der Waals surface area contributed by atoms with Crippen molar-refractivity contribution in [3.8, 4) is 5.75 Å². The van der Waals surface area contributed by atoms with Crippen LogP contribution in [0.1, 0.15) is 48.9 Å². The zero-order chi connectivity index (χ0) is 22.8. The first kappa shape index (κ1) is 21.2. The highest BCUT2D eigenvalue weighted by atomic mass is 16.3. The average molecular weight is 451 g/mol. The number of aromatic hydroxyl groups is 1. The summed E-state index contributed by atoms with van der Waals surface area (Å²) in [6.07, 6.45) is 9.48. The number of aromatic nitrogens is 2. The number of carbonyl (C=O) groups excluding carboxylic acids is 1. The summed E-state index contributed by atoms with van der Waals surface area (Å²) >= 11 is 0. The van der Waals surface area contributed by atoms with Gasteiger partial charge in [-0.05, 0) is 74.2 Å². The van der Waals surface area contributed by atoms with Gasteiger partial charge in [-0.25, -0.2) is 4.98 Å². The molecule has 33 heavy (non-hydrogen) atoms. The molecule has 3 heterocycles. The number of rotatable bonds is 4. The van der Waals surface area contributed by atoms with Crippen molar-refractivity contribution in [1.82, 2.24) is 19.4 Å². The molecule has 2 aliphatic heterocycles. The van der Waals surface area contributed by atoms with E-state index in [9.17, 15) is 15.0 Å². The molecule has 176 valence electrons. The van der Waals surface area contributed by atoms with Crippen LogP contribution in [-0.4, -0.2) is 73.3 Å². The standard InChI is InChI=1S/C26H34N4O3/c1-28-16-20(27-17-28)13-24(32)29-9-6-25-7-10-30(15-18-2-3-18)23(26(25,33)8-11-29)12-19-4-5-21(31)14-22(19)25/h4-5,14,16-18,23,31,33H,2-3,6-13,15H2,1H3. The van der Waals surface area contributed by atoms with E-state index < -0.39 is 11.0 Å². The smallest absolute Gasteiger partial charge is 0.228 e. The van der Waals surface area contributed by atoms with Gasteiger partial charge in [0.1, 0.15) is 5.75 Å². The maximum Gasteiger partial charge on any atom is 0.228 e. The number of likely N-dealkylation sites (tertiary alicyclic amines) is 2. The minimum absolute atomic E-state index is 0.0646. The summed E-state index contributed by atoms with van der Waals surface area (Å²) in [5.41, 5.74) is 1.80. The zero-order valence-electron chi connectivity index (χ0n) is 19.4. The molecule has 7 nitrogen and oxygen atoms in total. The number of phenols is 1. The van der Waals surface area contributed by atoms with E-state index in [1.165, 1.54) is 18.4 Å². The van der Waals surface area contributed by atoms with E-state index in [0.717, 1.165) is 49.5 Å². The number of fused-ring (bicyclic) bond motifs is 1. The quantitative estimate of drug-likeness (QED) is 0.745. The van der Waals surface area contributed by atoms with Crippen molar-refractivity contribution in [2.75, 3.05) is 26.2 Å². The Balaban J connectivity index is 1.34. The molecule has 3 unspecified atom stereocenters. The first-order valence-corrected chi connectivity index (χ1v) is 12.4. The molecule has 6 rings (SSSR count). The van der Waals surface area contributed by atoms with Gasteiger partial charge >= 0.3 is 0 Å². The summed E-state index contributed by atoms with van der Waals surface area (Å²) in [4.78, 5) is 22.0. The largest absolute Gasteiger partial charge is 0.508 e. The number of aryl methyl sites for hydroxylation is 1. The lowest BCUT2D eigenvalue weighted by molar-refractivity contribution is -0.149. The Labute approximate surface area is 195 Å². The summed E-state index contributed by atoms with van der Waals surface area (Å²) in [6.45, 7) is 3.23. The predicted molar refractivity (Wildman–Crippen MR) is 124 cm³/mol. The monoisotopic (exact) mass is 450 g/mol. The molecule has 0 radical (unpaired) electrons. The van der Waals surface area contributed by atoms with Gasteiger partial charge in [-0.15, -0.1) is 0 Å². The Morgan fingerprint density at radius 1 is 1.18 bits per heavy atom. The SMILES string of the molecule is Cn1cnc(CC(=O)N2CCC34CCN(CC5CC5)C(Cc5ccc(O)cc53)C4(O)CC2)c1. The highest BCUT2D eigenvalue weighted by Gasteiger charge is 2.63. The Morgan fingerprint density at radius 2 is 1.97 bits per heavy atom. The number of amides is 1. The van der Waals surface area contributed by atoms with E-state index >= 15 is 0 Å². The second kappa shape index (κ2) is 7.57. The highest BCUT2D eigenvalue weighted by Crippen LogP contribution is 2.56. The molecule has 2 N–H and O–H groups in total. The molecule has 2 aromatic rings. The van der Waals surface area contributed by atoms with Crippen molar-refractivity contribution >= 4 is 5.91 Å². The molecule has 1 amide bonds. The van der Waals surface area contributed by atoms with Gasteiger partial charge < -0.3 is 19.7 Å². The first-order chi connectivity index (χ1) is 15.9. The Morgan fingerprint density at radius 3 is 2.73 bits per heavy atom. The minimum Gasteiger partial charge on any atom is -0.508 e.